The second kappa shape index (κ2) is 4.83. The molecule has 0 aliphatic carbocycles. The van der Waals surface area contributed by atoms with Crippen LogP contribution in [0.5, 0.6) is 0 Å². The lowest BCUT2D eigenvalue weighted by Crippen LogP contribution is -2.45. The predicted molar refractivity (Wildman–Crippen MR) is 74.5 cm³/mol. The van der Waals surface area contributed by atoms with Crippen molar-refractivity contribution in [3.63, 3.8) is 0 Å². The summed E-state index contributed by atoms with van der Waals surface area (Å²) in [5.74, 6) is -0.321. The summed E-state index contributed by atoms with van der Waals surface area (Å²) in [5.41, 5.74) is 6.07. The molecule has 0 radical (unpaired) electrons. The molecule has 0 amide bonds. The minimum Gasteiger partial charge on any atom is -0.399 e. The first kappa shape index (κ1) is 14.9. The maximum atomic E-state index is 12.2. The summed E-state index contributed by atoms with van der Waals surface area (Å²) < 4.78 is 27.1. The van der Waals surface area contributed by atoms with Crippen molar-refractivity contribution in [3.8, 4) is 0 Å². The lowest BCUT2D eigenvalue weighted by molar-refractivity contribution is 0.101. The largest absolute Gasteiger partial charge is 0.399 e. The zero-order valence-electron chi connectivity index (χ0n) is 10.9. The van der Waals surface area contributed by atoms with Crippen LogP contribution in [0.1, 0.15) is 17.3 Å². The van der Waals surface area contributed by atoms with Crippen molar-refractivity contribution >= 4 is 29.7 Å². The third kappa shape index (κ3) is 3.66. The maximum absolute atomic E-state index is 12.2. The van der Waals surface area contributed by atoms with E-state index in [1.165, 1.54) is 25.1 Å². The molecular weight excluding hydrogens is 268 g/mol. The fraction of sp³-hybridized carbons (Fsp3) is 0.364. The van der Waals surface area contributed by atoms with Crippen LogP contribution in [0, 0.1) is 0 Å². The number of carbonyl (C=O) groups is 1. The van der Waals surface area contributed by atoms with E-state index in [-0.39, 0.29) is 16.2 Å². The van der Waals surface area contributed by atoms with Gasteiger partial charge in [0.2, 0.25) is 10.0 Å². The van der Waals surface area contributed by atoms with Gasteiger partial charge in [0, 0.05) is 11.3 Å². The maximum Gasteiger partial charge on any atom is 0.235 e. The molecule has 1 aromatic carbocycles. The Morgan fingerprint density at radius 3 is 2.28 bits per heavy atom. The van der Waals surface area contributed by atoms with Gasteiger partial charge in [-0.2, -0.15) is 0 Å². The van der Waals surface area contributed by atoms with Crippen LogP contribution in [-0.2, 0) is 10.0 Å². The van der Waals surface area contributed by atoms with E-state index in [0.29, 0.717) is 5.69 Å². The van der Waals surface area contributed by atoms with Gasteiger partial charge >= 0.3 is 0 Å². The highest BCUT2D eigenvalue weighted by Crippen LogP contribution is 2.20. The molecule has 1 aromatic rings. The van der Waals surface area contributed by atoms with Gasteiger partial charge in [0.1, 0.15) is 8.24 Å². The molecule has 0 aromatic heterocycles. The van der Waals surface area contributed by atoms with Gasteiger partial charge in [-0.05, 0) is 25.1 Å². The first-order valence-electron chi connectivity index (χ1n) is 5.47. The van der Waals surface area contributed by atoms with E-state index in [1.807, 2.05) is 19.6 Å². The molecule has 1 rings (SSSR count). The summed E-state index contributed by atoms with van der Waals surface area (Å²) in [7, 11) is -5.70. The van der Waals surface area contributed by atoms with Gasteiger partial charge in [-0.1, -0.05) is 19.6 Å². The number of rotatable bonds is 4. The van der Waals surface area contributed by atoms with Crippen LogP contribution in [0.3, 0.4) is 0 Å². The van der Waals surface area contributed by atoms with E-state index in [0.717, 1.165) is 0 Å². The standard InChI is InChI=1S/C11H18N2O3SSi/c1-8(14)10-7-9(12)5-6-11(10)17(15,16)13-18(2,3)4/h5-7,13H,12H2,1-4H3. The molecular formula is C11H18N2O3SSi. The number of Topliss-reactive ketones (excluding diaryl/α,β-unsaturated/α-hetero) is 1. The zero-order chi connectivity index (χ0) is 14.1. The molecule has 100 valence electrons. The molecule has 0 saturated heterocycles. The highest BCUT2D eigenvalue weighted by Gasteiger charge is 2.26. The summed E-state index contributed by atoms with van der Waals surface area (Å²) in [6.07, 6.45) is 0. The number of benzene rings is 1. The highest BCUT2D eigenvalue weighted by molar-refractivity contribution is 7.91. The number of nitrogens with one attached hydrogen (secondary N) is 1. The Kier molecular flexibility index (Phi) is 3.99. The van der Waals surface area contributed by atoms with Gasteiger partial charge in [0.05, 0.1) is 4.90 Å². The number of carbonyl (C=O) groups excluding carboxylic acids is 1. The molecule has 0 aliphatic rings. The van der Waals surface area contributed by atoms with Gasteiger partial charge in [-0.15, -0.1) is 0 Å². The van der Waals surface area contributed by atoms with Crippen LogP contribution in [-0.4, -0.2) is 22.4 Å². The molecule has 0 heterocycles. The van der Waals surface area contributed by atoms with Crippen LogP contribution >= 0.6 is 0 Å². The third-order valence-electron chi connectivity index (χ3n) is 2.11. The number of anilines is 1. The first-order chi connectivity index (χ1) is 8.03. The van der Waals surface area contributed by atoms with Crippen molar-refractivity contribution in [3.05, 3.63) is 23.8 Å². The second-order valence-corrected chi connectivity index (χ2v) is 11.9. The van der Waals surface area contributed by atoms with Crippen LogP contribution in [0.15, 0.2) is 23.1 Å². The van der Waals surface area contributed by atoms with Gasteiger partial charge < -0.3 is 5.73 Å². The molecule has 18 heavy (non-hydrogen) atoms. The lowest BCUT2D eigenvalue weighted by Gasteiger charge is -2.19. The van der Waals surface area contributed by atoms with E-state index in [1.54, 1.807) is 0 Å². The number of hydrogen-bond acceptors (Lipinski definition) is 4. The van der Waals surface area contributed by atoms with E-state index in [2.05, 4.69) is 4.39 Å². The number of sulfonamides is 1. The Hall–Kier alpha value is -1.18. The molecule has 3 N–H and O–H groups in total. The Morgan fingerprint density at radius 2 is 1.83 bits per heavy atom. The van der Waals surface area contributed by atoms with Crippen LogP contribution < -0.4 is 10.1 Å². The number of nitrogen functional groups attached to an aromatic ring is 1. The van der Waals surface area contributed by atoms with Gasteiger partial charge in [-0.3, -0.25) is 4.79 Å². The molecule has 5 nitrogen and oxygen atoms in total. The van der Waals surface area contributed by atoms with E-state index < -0.39 is 18.3 Å². The average Bonchev–Trinajstić information content (AvgIpc) is 2.12. The van der Waals surface area contributed by atoms with E-state index in [9.17, 15) is 13.2 Å². The minimum atomic E-state index is -3.68. The summed E-state index contributed by atoms with van der Waals surface area (Å²) in [6.45, 7) is 6.93. The summed E-state index contributed by atoms with van der Waals surface area (Å²) >= 11 is 0. The molecule has 0 atom stereocenters. The Bertz CT molecular complexity index is 576. The van der Waals surface area contributed by atoms with Crippen molar-refractivity contribution in [1.29, 1.82) is 0 Å². The van der Waals surface area contributed by atoms with Crippen molar-refractivity contribution in [2.24, 2.45) is 0 Å². The quantitative estimate of drug-likeness (QED) is 0.499. The Morgan fingerprint density at radius 1 is 1.28 bits per heavy atom. The topological polar surface area (TPSA) is 89.3 Å². The zero-order valence-corrected chi connectivity index (χ0v) is 12.8. The molecule has 0 spiro atoms. The monoisotopic (exact) mass is 286 g/mol. The summed E-state index contributed by atoms with van der Waals surface area (Å²) in [4.78, 5) is 11.5. The molecule has 0 unspecified atom stereocenters. The van der Waals surface area contributed by atoms with Gasteiger partial charge in [0.25, 0.3) is 0 Å². The first-order valence-corrected chi connectivity index (χ1v) is 10.5. The minimum absolute atomic E-state index is 0.00775. The normalized spacial score (nSPS) is 12.4. The Labute approximate surface area is 109 Å². The van der Waals surface area contributed by atoms with E-state index in [4.69, 9.17) is 5.73 Å². The lowest BCUT2D eigenvalue weighted by atomic mass is 10.1. The SMILES string of the molecule is CC(=O)c1cc(N)ccc1S(=O)(=O)N[Si](C)(C)C. The molecule has 0 fully saturated rings. The van der Waals surface area contributed by atoms with Crippen molar-refractivity contribution in [1.82, 2.24) is 4.39 Å². The molecule has 0 aliphatic heterocycles. The van der Waals surface area contributed by atoms with Crippen LogP contribution in [0.25, 0.3) is 0 Å². The van der Waals surface area contributed by atoms with Gasteiger partial charge in [-0.25, -0.2) is 12.8 Å². The van der Waals surface area contributed by atoms with Crippen molar-refractivity contribution in [2.75, 3.05) is 5.73 Å². The van der Waals surface area contributed by atoms with Gasteiger partial charge in [0.15, 0.2) is 5.78 Å². The molecule has 0 saturated carbocycles. The summed E-state index contributed by atoms with van der Waals surface area (Å²) in [6, 6.07) is 4.24. The second-order valence-electron chi connectivity index (χ2n) is 5.17. The van der Waals surface area contributed by atoms with E-state index >= 15 is 0 Å². The average molecular weight is 286 g/mol. The Balaban J connectivity index is 3.37. The highest BCUT2D eigenvalue weighted by atomic mass is 32.2. The number of hydrogen-bond donors (Lipinski definition) is 2. The fourth-order valence-electron chi connectivity index (χ4n) is 1.52. The van der Waals surface area contributed by atoms with Crippen LogP contribution in [0.2, 0.25) is 19.6 Å². The number of nitrogens with two attached hydrogens (primary N) is 1. The van der Waals surface area contributed by atoms with Crippen LogP contribution in [0.4, 0.5) is 5.69 Å². The molecule has 0 bridgehead atoms. The molecule has 7 heteroatoms. The third-order valence-corrected chi connectivity index (χ3v) is 6.57. The van der Waals surface area contributed by atoms with Crippen molar-refractivity contribution < 1.29 is 13.2 Å². The van der Waals surface area contributed by atoms with Crippen molar-refractivity contribution in [2.45, 2.75) is 31.5 Å². The summed E-state index contributed by atoms with van der Waals surface area (Å²) in [5, 5.41) is 0. The smallest absolute Gasteiger partial charge is 0.235 e. The fourth-order valence-corrected chi connectivity index (χ4v) is 5.92. The number of ketones is 1. The predicted octanol–water partition coefficient (Wildman–Crippen LogP) is 1.58.